The highest BCUT2D eigenvalue weighted by Gasteiger charge is 2.30. The van der Waals surface area contributed by atoms with Gasteiger partial charge >= 0.3 is 6.09 Å². The summed E-state index contributed by atoms with van der Waals surface area (Å²) >= 11 is 0. The van der Waals surface area contributed by atoms with Crippen molar-refractivity contribution in [3.63, 3.8) is 0 Å². The molecule has 13 heteroatoms. The summed E-state index contributed by atoms with van der Waals surface area (Å²) in [5, 5.41) is 17.5. The Bertz CT molecular complexity index is 1380. The van der Waals surface area contributed by atoms with Gasteiger partial charge < -0.3 is 40.8 Å². The van der Waals surface area contributed by atoms with Gasteiger partial charge in [0.2, 0.25) is 11.8 Å². The van der Waals surface area contributed by atoms with Crippen LogP contribution in [0.1, 0.15) is 47.4 Å². The van der Waals surface area contributed by atoms with E-state index in [1.165, 1.54) is 13.8 Å². The summed E-state index contributed by atoms with van der Waals surface area (Å²) in [5.41, 5.74) is 5.75. The van der Waals surface area contributed by atoms with E-state index in [4.69, 9.17) is 25.3 Å². The minimum absolute atomic E-state index is 0.184. The Hall–Kier alpha value is -3.81. The average molecular weight is 558 g/mol. The number of nitrogens with zero attached hydrogens (tertiary/aromatic N) is 3. The fraction of sp³-hybridized carbons (Fsp3) is 0.519. The quantitative estimate of drug-likeness (QED) is 0.197. The minimum Gasteiger partial charge on any atom is -0.465 e. The Morgan fingerprint density at radius 1 is 1.15 bits per heavy atom. The smallest absolute Gasteiger partial charge is 0.405 e. The summed E-state index contributed by atoms with van der Waals surface area (Å²) in [5.74, 6) is 0.109. The number of ether oxygens (including phenoxy) is 2. The number of nitrogens with one attached hydrogen (secondary N) is 3. The summed E-state index contributed by atoms with van der Waals surface area (Å²) in [7, 11) is 0. The SMILES string of the molecule is CCOCc1nc2c(NC(=O)C(C)N)nc3ccccc3c2n1CC(C)(C)OCCNC(=O)C(C)(C)NC(=O)O. The van der Waals surface area contributed by atoms with Crippen LogP contribution < -0.4 is 21.7 Å². The van der Waals surface area contributed by atoms with Gasteiger partial charge in [-0.15, -0.1) is 0 Å². The molecule has 3 aromatic rings. The van der Waals surface area contributed by atoms with E-state index >= 15 is 0 Å². The van der Waals surface area contributed by atoms with Crippen LogP contribution in [0.2, 0.25) is 0 Å². The molecule has 40 heavy (non-hydrogen) atoms. The molecule has 0 aliphatic rings. The van der Waals surface area contributed by atoms with E-state index in [0.29, 0.717) is 35.8 Å². The van der Waals surface area contributed by atoms with Crippen molar-refractivity contribution in [2.45, 2.75) is 71.9 Å². The van der Waals surface area contributed by atoms with Crippen LogP contribution in [-0.4, -0.2) is 74.5 Å². The number of para-hydroxylation sites is 1. The van der Waals surface area contributed by atoms with Crippen LogP contribution in [-0.2, 0) is 32.2 Å². The molecule has 3 rings (SSSR count). The van der Waals surface area contributed by atoms with E-state index in [0.717, 1.165) is 10.9 Å². The number of fused-ring (bicyclic) bond motifs is 3. The number of carboxylic acid groups (broad SMARTS) is 1. The van der Waals surface area contributed by atoms with Gasteiger partial charge in [0.15, 0.2) is 5.82 Å². The third-order valence-electron chi connectivity index (χ3n) is 6.16. The lowest BCUT2D eigenvalue weighted by atomic mass is 10.1. The van der Waals surface area contributed by atoms with Crippen LogP contribution in [0.15, 0.2) is 24.3 Å². The molecule has 2 aromatic heterocycles. The van der Waals surface area contributed by atoms with E-state index < -0.39 is 29.2 Å². The first kappa shape index (κ1) is 30.7. The zero-order valence-electron chi connectivity index (χ0n) is 23.8. The second-order valence-electron chi connectivity index (χ2n) is 10.6. The summed E-state index contributed by atoms with van der Waals surface area (Å²) in [4.78, 5) is 45.3. The number of carbonyl (C=O) groups is 3. The zero-order valence-corrected chi connectivity index (χ0v) is 23.8. The van der Waals surface area contributed by atoms with Gasteiger partial charge in [0, 0.05) is 18.5 Å². The van der Waals surface area contributed by atoms with E-state index in [1.807, 2.05) is 49.6 Å². The molecular weight excluding hydrogens is 518 g/mol. The van der Waals surface area contributed by atoms with E-state index in [1.54, 1.807) is 6.92 Å². The molecule has 13 nitrogen and oxygen atoms in total. The number of aromatic nitrogens is 3. The van der Waals surface area contributed by atoms with Crippen LogP contribution in [0, 0.1) is 0 Å². The first-order valence-electron chi connectivity index (χ1n) is 13.1. The topological polar surface area (TPSA) is 183 Å². The monoisotopic (exact) mass is 557 g/mol. The van der Waals surface area contributed by atoms with Crippen molar-refractivity contribution in [1.29, 1.82) is 0 Å². The van der Waals surface area contributed by atoms with Gasteiger partial charge in [-0.05, 0) is 47.6 Å². The molecule has 1 aromatic carbocycles. The highest BCUT2D eigenvalue weighted by molar-refractivity contribution is 6.10. The highest BCUT2D eigenvalue weighted by Crippen LogP contribution is 2.32. The lowest BCUT2D eigenvalue weighted by molar-refractivity contribution is -0.127. The number of carbonyl (C=O) groups excluding carboxylic acids is 2. The van der Waals surface area contributed by atoms with Crippen LogP contribution in [0.4, 0.5) is 10.6 Å². The fourth-order valence-electron chi connectivity index (χ4n) is 4.14. The summed E-state index contributed by atoms with van der Waals surface area (Å²) < 4.78 is 13.9. The molecule has 0 bridgehead atoms. The van der Waals surface area contributed by atoms with Gasteiger partial charge in [0.05, 0.1) is 35.8 Å². The predicted molar refractivity (Wildman–Crippen MR) is 151 cm³/mol. The lowest BCUT2D eigenvalue weighted by Gasteiger charge is -2.28. The van der Waals surface area contributed by atoms with Crippen molar-refractivity contribution in [3.8, 4) is 0 Å². The average Bonchev–Trinajstić information content (AvgIpc) is 3.22. The standard InChI is InChI=1S/C27H39N7O6/c1-7-39-14-19-31-20-21(17-10-8-9-11-18(17)30-22(20)32-23(35)16(2)28)34(19)15-26(3,4)40-13-12-29-24(36)27(5,6)33-25(37)38/h8-11,16,33H,7,12-15,28H2,1-6H3,(H,29,36)(H,37,38)(H,30,32,35). The zero-order chi connectivity index (χ0) is 29.7. The lowest BCUT2D eigenvalue weighted by Crippen LogP contribution is -2.55. The first-order valence-corrected chi connectivity index (χ1v) is 13.1. The molecule has 0 fully saturated rings. The summed E-state index contributed by atoms with van der Waals surface area (Å²) in [6.45, 7) is 11.8. The molecular formula is C27H39N7O6. The summed E-state index contributed by atoms with van der Waals surface area (Å²) in [6.07, 6.45) is -1.28. The van der Waals surface area contributed by atoms with Crippen LogP contribution in [0.25, 0.3) is 21.9 Å². The molecule has 0 aliphatic heterocycles. The third kappa shape index (κ3) is 7.43. The number of imidazole rings is 1. The maximum absolute atomic E-state index is 12.5. The van der Waals surface area contributed by atoms with Crippen molar-refractivity contribution in [2.24, 2.45) is 5.73 Å². The largest absolute Gasteiger partial charge is 0.465 e. The molecule has 1 atom stereocenters. The second kappa shape index (κ2) is 12.6. The Kier molecular flexibility index (Phi) is 9.66. The number of anilines is 1. The Balaban J connectivity index is 1.91. The van der Waals surface area contributed by atoms with Gasteiger partial charge in [-0.1, -0.05) is 18.2 Å². The molecule has 1 unspecified atom stereocenters. The van der Waals surface area contributed by atoms with Gasteiger partial charge in [0.25, 0.3) is 0 Å². The highest BCUT2D eigenvalue weighted by atomic mass is 16.5. The number of hydrogen-bond acceptors (Lipinski definition) is 8. The molecule has 6 N–H and O–H groups in total. The molecule has 0 spiro atoms. The molecule has 218 valence electrons. The number of nitrogens with two attached hydrogens (primary N) is 1. The van der Waals surface area contributed by atoms with Crippen LogP contribution in [0.3, 0.4) is 0 Å². The van der Waals surface area contributed by atoms with E-state index in [2.05, 4.69) is 20.9 Å². The summed E-state index contributed by atoms with van der Waals surface area (Å²) in [6, 6.07) is 6.86. The fourth-order valence-corrected chi connectivity index (χ4v) is 4.14. The van der Waals surface area contributed by atoms with Gasteiger partial charge in [-0.2, -0.15) is 0 Å². The van der Waals surface area contributed by atoms with E-state index in [-0.39, 0.29) is 25.7 Å². The van der Waals surface area contributed by atoms with Gasteiger partial charge in [0.1, 0.15) is 23.5 Å². The molecule has 0 saturated heterocycles. The number of benzene rings is 1. The maximum atomic E-state index is 12.5. The predicted octanol–water partition coefficient (Wildman–Crippen LogP) is 2.36. The van der Waals surface area contributed by atoms with Crippen molar-refractivity contribution in [3.05, 3.63) is 30.1 Å². The number of pyridine rings is 1. The third-order valence-corrected chi connectivity index (χ3v) is 6.16. The Morgan fingerprint density at radius 3 is 2.50 bits per heavy atom. The minimum atomic E-state index is -1.28. The number of hydrogen-bond donors (Lipinski definition) is 5. The van der Waals surface area contributed by atoms with E-state index in [9.17, 15) is 14.4 Å². The second-order valence-corrected chi connectivity index (χ2v) is 10.6. The van der Waals surface area contributed by atoms with Crippen molar-refractivity contribution in [1.82, 2.24) is 25.2 Å². The Labute approximate surface area is 232 Å². The molecule has 3 amide bonds. The maximum Gasteiger partial charge on any atom is 0.405 e. The van der Waals surface area contributed by atoms with Crippen LogP contribution >= 0.6 is 0 Å². The number of rotatable bonds is 13. The van der Waals surface area contributed by atoms with Gasteiger partial charge in [-0.3, -0.25) is 9.59 Å². The molecule has 0 radical (unpaired) electrons. The number of amides is 3. The van der Waals surface area contributed by atoms with Gasteiger partial charge in [-0.25, -0.2) is 14.8 Å². The van der Waals surface area contributed by atoms with Crippen molar-refractivity contribution < 1.29 is 29.0 Å². The van der Waals surface area contributed by atoms with Crippen molar-refractivity contribution >= 4 is 45.7 Å². The van der Waals surface area contributed by atoms with Crippen molar-refractivity contribution in [2.75, 3.05) is 25.1 Å². The first-order chi connectivity index (χ1) is 18.8. The molecule has 2 heterocycles. The molecule has 0 aliphatic carbocycles. The molecule has 0 saturated carbocycles. The van der Waals surface area contributed by atoms with Crippen LogP contribution in [0.5, 0.6) is 0 Å². The Morgan fingerprint density at radius 2 is 1.85 bits per heavy atom. The normalized spacial score (nSPS) is 12.9.